The lowest BCUT2D eigenvalue weighted by atomic mass is 9.89. The van der Waals surface area contributed by atoms with Crippen molar-refractivity contribution in [2.75, 3.05) is 11.9 Å². The molecule has 39 heavy (non-hydrogen) atoms. The number of nitrogens with one attached hydrogen (secondary N) is 2. The van der Waals surface area contributed by atoms with Gasteiger partial charge in [0, 0.05) is 5.69 Å². The first-order valence-electron chi connectivity index (χ1n) is 13.1. The minimum Gasteiger partial charge on any atom is -0.414 e. The summed E-state index contributed by atoms with van der Waals surface area (Å²) in [4.78, 5) is 0. The molecule has 4 atom stereocenters. The van der Waals surface area contributed by atoms with Gasteiger partial charge in [0.2, 0.25) is 0 Å². The predicted molar refractivity (Wildman–Crippen MR) is 165 cm³/mol. The molecule has 1 aromatic rings. The number of thiocarbonyl (C=S) groups is 1. The molecule has 0 bridgehead atoms. The highest BCUT2D eigenvalue weighted by Gasteiger charge is 2.67. The number of ether oxygens (including phenoxy) is 1. The van der Waals surface area contributed by atoms with Crippen LogP contribution in [0.5, 0.6) is 0 Å². The quantitative estimate of drug-likeness (QED) is 0.219. The molecule has 2 aliphatic rings. The van der Waals surface area contributed by atoms with E-state index in [9.17, 15) is 8.42 Å². The highest BCUT2D eigenvalue weighted by molar-refractivity contribution is 7.90. The van der Waals surface area contributed by atoms with Gasteiger partial charge in [-0.25, -0.2) is 4.18 Å². The Morgan fingerprint density at radius 2 is 1.62 bits per heavy atom. The second kappa shape index (κ2) is 10.8. The van der Waals surface area contributed by atoms with Crippen LogP contribution in [0, 0.1) is 0 Å². The summed E-state index contributed by atoms with van der Waals surface area (Å²) in [6, 6.07) is 9.48. The normalized spacial score (nSPS) is 27.4. The number of nitrogens with two attached hydrogens (primary N) is 1. The second-order valence-corrected chi connectivity index (χ2v) is 24.7. The van der Waals surface area contributed by atoms with Crippen LogP contribution in [0.1, 0.15) is 41.5 Å². The molecule has 1 aromatic carbocycles. The first kappa shape index (κ1) is 32.2. The monoisotopic (exact) mass is 615 g/mol. The number of para-hydroxylation sites is 1. The molecule has 0 aliphatic carbocycles. The van der Waals surface area contributed by atoms with Crippen molar-refractivity contribution in [2.24, 2.45) is 5.73 Å². The van der Waals surface area contributed by atoms with Gasteiger partial charge >= 0.3 is 0 Å². The van der Waals surface area contributed by atoms with Gasteiger partial charge in [0.1, 0.15) is 12.2 Å². The fraction of sp³-hybridized carbons (Fsp3) is 0.654. The molecule has 13 heteroatoms. The van der Waals surface area contributed by atoms with Crippen molar-refractivity contribution in [3.63, 3.8) is 0 Å². The number of hydrogen-bond acceptors (Lipinski definition) is 8. The molecule has 0 aromatic heterocycles. The van der Waals surface area contributed by atoms with Crippen molar-refractivity contribution in [3.8, 4) is 0 Å². The summed E-state index contributed by atoms with van der Waals surface area (Å²) in [5.41, 5.74) is 5.70. The molecule has 0 amide bonds. The summed E-state index contributed by atoms with van der Waals surface area (Å²) in [7, 11) is -8.82. The Morgan fingerprint density at radius 3 is 2.10 bits per heavy atom. The third kappa shape index (κ3) is 6.77. The zero-order valence-electron chi connectivity index (χ0n) is 24.7. The van der Waals surface area contributed by atoms with E-state index in [0.29, 0.717) is 5.11 Å². The smallest absolute Gasteiger partial charge is 0.292 e. The Labute approximate surface area is 241 Å². The first-order chi connectivity index (χ1) is 17.6. The van der Waals surface area contributed by atoms with E-state index in [4.69, 9.17) is 35.7 Å². The minimum atomic E-state index is -4.08. The Bertz CT molecular complexity index is 1200. The van der Waals surface area contributed by atoms with Crippen molar-refractivity contribution in [1.29, 1.82) is 0 Å². The number of benzene rings is 1. The predicted octanol–water partition coefficient (Wildman–Crippen LogP) is 5.01. The lowest BCUT2D eigenvalue weighted by molar-refractivity contribution is -0.0412. The zero-order valence-corrected chi connectivity index (χ0v) is 28.4. The van der Waals surface area contributed by atoms with E-state index in [1.54, 1.807) is 0 Å². The summed E-state index contributed by atoms with van der Waals surface area (Å²) in [6.07, 6.45) is -2.65. The van der Waals surface area contributed by atoms with Gasteiger partial charge in [0.15, 0.2) is 33.6 Å². The van der Waals surface area contributed by atoms with Crippen LogP contribution in [-0.4, -0.2) is 60.8 Å². The van der Waals surface area contributed by atoms with Crippen molar-refractivity contribution in [1.82, 2.24) is 5.32 Å². The van der Waals surface area contributed by atoms with E-state index in [2.05, 4.69) is 78.4 Å². The van der Waals surface area contributed by atoms with Crippen LogP contribution < -0.4 is 16.4 Å². The third-order valence-corrected chi connectivity index (χ3v) is 18.6. The van der Waals surface area contributed by atoms with Crippen LogP contribution in [0.15, 0.2) is 41.4 Å². The van der Waals surface area contributed by atoms with Gasteiger partial charge in [-0.15, -0.1) is 0 Å². The number of hydrogen-bond donors (Lipinski definition) is 3. The van der Waals surface area contributed by atoms with Gasteiger partial charge in [-0.2, -0.15) is 8.42 Å². The van der Waals surface area contributed by atoms with E-state index >= 15 is 0 Å². The molecule has 1 saturated heterocycles. The van der Waals surface area contributed by atoms with E-state index in [-0.39, 0.29) is 22.4 Å². The summed E-state index contributed by atoms with van der Waals surface area (Å²) in [5, 5.41) is 7.34. The first-order valence-corrected chi connectivity index (χ1v) is 20.8. The Balaban J connectivity index is 2.03. The van der Waals surface area contributed by atoms with Gasteiger partial charge in [0.05, 0.1) is 17.7 Å². The van der Waals surface area contributed by atoms with E-state index in [0.717, 1.165) is 11.1 Å². The number of rotatable bonds is 7. The molecule has 2 heterocycles. The summed E-state index contributed by atoms with van der Waals surface area (Å²) in [6.45, 7) is 21.2. The van der Waals surface area contributed by atoms with E-state index in [1.807, 2.05) is 30.3 Å². The Hall–Kier alpha value is -1.33. The SMILES string of the molecule is CC(C)(C)[Si](C)(C)OCC1OC(NC(=S)Nc2ccccc2)C(O[Si](C)(C)C(C)(C)C)C12OS(=O)(=O)C=C2N. The van der Waals surface area contributed by atoms with Crippen molar-refractivity contribution >= 4 is 49.8 Å². The Kier molecular flexibility index (Phi) is 8.93. The van der Waals surface area contributed by atoms with Crippen molar-refractivity contribution in [2.45, 2.75) is 102 Å². The van der Waals surface area contributed by atoms with Crippen LogP contribution in [0.25, 0.3) is 0 Å². The average molecular weight is 616 g/mol. The maximum Gasteiger partial charge on any atom is 0.292 e. The molecule has 0 saturated carbocycles. The highest BCUT2D eigenvalue weighted by Crippen LogP contribution is 2.49. The molecule has 9 nitrogen and oxygen atoms in total. The van der Waals surface area contributed by atoms with Gasteiger partial charge in [-0.05, 0) is 60.6 Å². The molecule has 220 valence electrons. The van der Waals surface area contributed by atoms with Crippen LogP contribution in [0.3, 0.4) is 0 Å². The highest BCUT2D eigenvalue weighted by atomic mass is 32.2. The maximum atomic E-state index is 12.8. The largest absolute Gasteiger partial charge is 0.414 e. The summed E-state index contributed by atoms with van der Waals surface area (Å²) in [5.74, 6) is 0. The van der Waals surface area contributed by atoms with Gasteiger partial charge in [-0.3, -0.25) is 0 Å². The van der Waals surface area contributed by atoms with Crippen LogP contribution >= 0.6 is 12.2 Å². The molecule has 4 N–H and O–H groups in total. The molecule has 2 aliphatic heterocycles. The van der Waals surface area contributed by atoms with Crippen LogP contribution in [0.2, 0.25) is 36.3 Å². The third-order valence-electron chi connectivity index (χ3n) is 8.40. The van der Waals surface area contributed by atoms with E-state index < -0.39 is 50.8 Å². The molecule has 1 spiro atoms. The molecule has 0 radical (unpaired) electrons. The average Bonchev–Trinajstić information content (AvgIpc) is 3.17. The van der Waals surface area contributed by atoms with Gasteiger partial charge < -0.3 is 30.0 Å². The lowest BCUT2D eigenvalue weighted by Crippen LogP contribution is -2.61. The number of anilines is 1. The zero-order chi connectivity index (χ0) is 29.7. The summed E-state index contributed by atoms with van der Waals surface area (Å²) >= 11 is 5.61. The molecule has 1 fully saturated rings. The van der Waals surface area contributed by atoms with Crippen molar-refractivity contribution < 1.29 is 26.2 Å². The topological polar surface area (TPSA) is 121 Å². The lowest BCUT2D eigenvalue weighted by Gasteiger charge is -2.43. The molecular formula is C26H45N3O6S2Si2. The standard InChI is InChI=1S/C26H45N3O6S2Si2/c1-24(2,3)38(7,8)32-16-20-26(19(27)17-37(30,31)35-26)21(34-39(9,10)25(4,5)6)22(33-20)29-23(36)28-18-14-12-11-13-15-18/h11-15,17,20-22H,16,27H2,1-10H3,(H2,28,29,36). The Morgan fingerprint density at radius 1 is 1.05 bits per heavy atom. The van der Waals surface area contributed by atoms with Crippen molar-refractivity contribution in [3.05, 3.63) is 41.4 Å². The van der Waals surface area contributed by atoms with Crippen LogP contribution in [-0.2, 0) is 27.9 Å². The van der Waals surface area contributed by atoms with Crippen LogP contribution in [0.4, 0.5) is 5.69 Å². The molecule has 3 rings (SSSR count). The maximum absolute atomic E-state index is 12.8. The fourth-order valence-corrected chi connectivity index (χ4v) is 7.70. The molecule has 4 unspecified atom stereocenters. The second-order valence-electron chi connectivity index (χ2n) is 13.3. The minimum absolute atomic E-state index is 0.0290. The van der Waals surface area contributed by atoms with E-state index in [1.165, 1.54) is 0 Å². The summed E-state index contributed by atoms with van der Waals surface area (Å²) < 4.78 is 51.3. The fourth-order valence-electron chi connectivity index (χ4n) is 3.96. The van der Waals surface area contributed by atoms with Gasteiger partial charge in [0.25, 0.3) is 10.1 Å². The van der Waals surface area contributed by atoms with Gasteiger partial charge in [-0.1, -0.05) is 59.7 Å². The molecular weight excluding hydrogens is 571 g/mol.